The first-order chi connectivity index (χ1) is 7.36. The van der Waals surface area contributed by atoms with Crippen molar-refractivity contribution in [2.75, 3.05) is 11.9 Å². The quantitative estimate of drug-likeness (QED) is 0.925. The van der Waals surface area contributed by atoms with E-state index in [2.05, 4.69) is 31.2 Å². The lowest BCUT2D eigenvalue weighted by molar-refractivity contribution is 0.513. The zero-order chi connectivity index (χ0) is 10.5. The van der Waals surface area contributed by atoms with Crippen molar-refractivity contribution in [3.8, 4) is 0 Å². The molecule has 0 fully saturated rings. The van der Waals surface area contributed by atoms with Crippen molar-refractivity contribution in [3.05, 3.63) is 41.2 Å². The average Bonchev–Trinajstić information content (AvgIpc) is 2.74. The fourth-order valence-corrected chi connectivity index (χ4v) is 1.56. The molecule has 0 aromatic carbocycles. The Bertz CT molecular complexity index is 416. The van der Waals surface area contributed by atoms with Crippen molar-refractivity contribution in [3.63, 3.8) is 0 Å². The number of nitrogens with zero attached hydrogens (tertiary/aromatic N) is 2. The normalized spacial score (nSPS) is 10.2. The molecule has 15 heavy (non-hydrogen) atoms. The van der Waals surface area contributed by atoms with Crippen LogP contribution in [-0.4, -0.2) is 16.5 Å². The molecule has 0 spiro atoms. The third-order valence-corrected chi connectivity index (χ3v) is 2.49. The van der Waals surface area contributed by atoms with Gasteiger partial charge in [0.25, 0.3) is 0 Å². The molecule has 5 heteroatoms. The van der Waals surface area contributed by atoms with E-state index < -0.39 is 0 Å². The molecule has 0 aliphatic rings. The summed E-state index contributed by atoms with van der Waals surface area (Å²) < 4.78 is 6.08. The van der Waals surface area contributed by atoms with E-state index >= 15 is 0 Å². The van der Waals surface area contributed by atoms with Crippen LogP contribution in [0.2, 0.25) is 0 Å². The SMILES string of the molecule is Brc1cncnc1NCCc1ccco1. The van der Waals surface area contributed by atoms with Crippen LogP contribution in [0, 0.1) is 0 Å². The standard InChI is InChI=1S/C10H10BrN3O/c11-9-6-12-7-14-10(9)13-4-3-8-2-1-5-15-8/h1-2,5-7H,3-4H2,(H,12,13,14). The first-order valence-electron chi connectivity index (χ1n) is 4.58. The molecule has 2 heterocycles. The highest BCUT2D eigenvalue weighted by Gasteiger charge is 2.00. The molecule has 2 aromatic rings. The molecule has 0 bridgehead atoms. The van der Waals surface area contributed by atoms with Crippen LogP contribution in [0.1, 0.15) is 5.76 Å². The van der Waals surface area contributed by atoms with Crippen molar-refractivity contribution in [1.82, 2.24) is 9.97 Å². The molecule has 0 unspecified atom stereocenters. The number of aromatic nitrogens is 2. The van der Waals surface area contributed by atoms with E-state index in [1.54, 1.807) is 12.5 Å². The molecule has 0 saturated heterocycles. The van der Waals surface area contributed by atoms with Crippen LogP contribution in [0.5, 0.6) is 0 Å². The highest BCUT2D eigenvalue weighted by atomic mass is 79.9. The van der Waals surface area contributed by atoms with Crippen LogP contribution >= 0.6 is 15.9 Å². The lowest BCUT2D eigenvalue weighted by Gasteiger charge is -2.04. The van der Waals surface area contributed by atoms with Crippen LogP contribution in [0.4, 0.5) is 5.82 Å². The predicted molar refractivity (Wildman–Crippen MR) is 60.6 cm³/mol. The minimum absolute atomic E-state index is 0.781. The summed E-state index contributed by atoms with van der Waals surface area (Å²) in [5.41, 5.74) is 0. The summed E-state index contributed by atoms with van der Waals surface area (Å²) >= 11 is 3.36. The fraction of sp³-hybridized carbons (Fsp3) is 0.200. The van der Waals surface area contributed by atoms with Gasteiger partial charge in [0.1, 0.15) is 17.9 Å². The lowest BCUT2D eigenvalue weighted by Crippen LogP contribution is -2.06. The van der Waals surface area contributed by atoms with Gasteiger partial charge in [0.05, 0.1) is 10.7 Å². The van der Waals surface area contributed by atoms with Gasteiger partial charge in [-0.25, -0.2) is 9.97 Å². The minimum atomic E-state index is 0.781. The van der Waals surface area contributed by atoms with Crippen LogP contribution < -0.4 is 5.32 Å². The average molecular weight is 268 g/mol. The van der Waals surface area contributed by atoms with Crippen LogP contribution in [0.25, 0.3) is 0 Å². The summed E-state index contributed by atoms with van der Waals surface area (Å²) in [6, 6.07) is 3.84. The molecule has 0 atom stereocenters. The molecule has 2 rings (SSSR count). The molecule has 2 aromatic heterocycles. The minimum Gasteiger partial charge on any atom is -0.469 e. The van der Waals surface area contributed by atoms with E-state index in [1.165, 1.54) is 6.33 Å². The molecule has 1 N–H and O–H groups in total. The van der Waals surface area contributed by atoms with E-state index in [1.807, 2.05) is 12.1 Å². The smallest absolute Gasteiger partial charge is 0.143 e. The van der Waals surface area contributed by atoms with Crippen LogP contribution in [0.15, 0.2) is 39.8 Å². The number of rotatable bonds is 4. The summed E-state index contributed by atoms with van der Waals surface area (Å²) in [4.78, 5) is 7.98. The first kappa shape index (κ1) is 10.2. The third kappa shape index (κ3) is 2.79. The Labute approximate surface area is 95.9 Å². The van der Waals surface area contributed by atoms with Gasteiger partial charge in [-0.1, -0.05) is 0 Å². The molecule has 0 radical (unpaired) electrons. The number of nitrogens with one attached hydrogen (secondary N) is 1. The van der Waals surface area contributed by atoms with Gasteiger partial charge in [0.2, 0.25) is 0 Å². The highest BCUT2D eigenvalue weighted by molar-refractivity contribution is 9.10. The second kappa shape index (κ2) is 4.93. The van der Waals surface area contributed by atoms with Gasteiger partial charge in [-0.2, -0.15) is 0 Å². The van der Waals surface area contributed by atoms with Crippen molar-refractivity contribution in [2.24, 2.45) is 0 Å². The van der Waals surface area contributed by atoms with E-state index in [4.69, 9.17) is 4.42 Å². The Hall–Kier alpha value is -1.36. The van der Waals surface area contributed by atoms with Gasteiger partial charge in [-0.05, 0) is 28.1 Å². The maximum absolute atomic E-state index is 5.22. The first-order valence-corrected chi connectivity index (χ1v) is 5.37. The third-order valence-electron chi connectivity index (χ3n) is 1.91. The lowest BCUT2D eigenvalue weighted by atomic mass is 10.3. The molecule has 78 valence electrons. The van der Waals surface area contributed by atoms with E-state index in [0.29, 0.717) is 0 Å². The van der Waals surface area contributed by atoms with Crippen molar-refractivity contribution in [2.45, 2.75) is 6.42 Å². The fourth-order valence-electron chi connectivity index (χ4n) is 1.20. The summed E-state index contributed by atoms with van der Waals surface area (Å²) in [5.74, 6) is 1.77. The number of furan rings is 1. The summed E-state index contributed by atoms with van der Waals surface area (Å²) in [7, 11) is 0. The summed E-state index contributed by atoms with van der Waals surface area (Å²) in [5, 5.41) is 3.19. The number of halogens is 1. The number of hydrogen-bond donors (Lipinski definition) is 1. The summed E-state index contributed by atoms with van der Waals surface area (Å²) in [6.07, 6.45) is 5.74. The predicted octanol–water partition coefficient (Wildman–Crippen LogP) is 2.49. The van der Waals surface area contributed by atoms with Crippen LogP contribution in [0.3, 0.4) is 0 Å². The maximum Gasteiger partial charge on any atom is 0.143 e. The zero-order valence-electron chi connectivity index (χ0n) is 7.98. The number of anilines is 1. The van der Waals surface area contributed by atoms with E-state index in [0.717, 1.165) is 29.0 Å². The number of hydrogen-bond acceptors (Lipinski definition) is 4. The Kier molecular flexibility index (Phi) is 3.34. The van der Waals surface area contributed by atoms with Gasteiger partial charge in [-0.15, -0.1) is 0 Å². The van der Waals surface area contributed by atoms with Crippen molar-refractivity contribution >= 4 is 21.7 Å². The molecule has 0 aliphatic heterocycles. The van der Waals surface area contributed by atoms with Crippen LogP contribution in [-0.2, 0) is 6.42 Å². The van der Waals surface area contributed by atoms with Gasteiger partial charge in [0, 0.05) is 19.2 Å². The topological polar surface area (TPSA) is 51.0 Å². The van der Waals surface area contributed by atoms with Crippen molar-refractivity contribution < 1.29 is 4.42 Å². The molecular weight excluding hydrogens is 258 g/mol. The van der Waals surface area contributed by atoms with Gasteiger partial charge in [-0.3, -0.25) is 0 Å². The second-order valence-electron chi connectivity index (χ2n) is 2.98. The Morgan fingerprint density at radius 2 is 2.40 bits per heavy atom. The van der Waals surface area contributed by atoms with E-state index in [9.17, 15) is 0 Å². The largest absolute Gasteiger partial charge is 0.469 e. The molecule has 0 aliphatic carbocycles. The monoisotopic (exact) mass is 267 g/mol. The molecular formula is C10H10BrN3O. The Balaban J connectivity index is 1.86. The Morgan fingerprint density at radius 1 is 1.47 bits per heavy atom. The summed E-state index contributed by atoms with van der Waals surface area (Å²) in [6.45, 7) is 0.781. The van der Waals surface area contributed by atoms with Gasteiger partial charge in [0.15, 0.2) is 0 Å². The molecule has 4 nitrogen and oxygen atoms in total. The zero-order valence-corrected chi connectivity index (χ0v) is 9.57. The molecule has 0 saturated carbocycles. The highest BCUT2D eigenvalue weighted by Crippen LogP contribution is 2.16. The Morgan fingerprint density at radius 3 is 3.13 bits per heavy atom. The molecule has 0 amide bonds. The van der Waals surface area contributed by atoms with Crippen molar-refractivity contribution in [1.29, 1.82) is 0 Å². The van der Waals surface area contributed by atoms with E-state index in [-0.39, 0.29) is 0 Å². The van der Waals surface area contributed by atoms with Gasteiger partial charge >= 0.3 is 0 Å². The second-order valence-corrected chi connectivity index (χ2v) is 3.83. The maximum atomic E-state index is 5.22. The van der Waals surface area contributed by atoms with Gasteiger partial charge < -0.3 is 9.73 Å².